The number of carboxylic acid groups (broad SMARTS) is 1. The van der Waals surface area contributed by atoms with Crippen molar-refractivity contribution in [1.82, 2.24) is 4.90 Å². The van der Waals surface area contributed by atoms with Crippen LogP contribution in [0.25, 0.3) is 0 Å². The molecule has 0 aromatic heterocycles. The van der Waals surface area contributed by atoms with E-state index in [1.807, 2.05) is 6.07 Å². The molecule has 1 aliphatic rings. The molecule has 0 bridgehead atoms. The highest BCUT2D eigenvalue weighted by Crippen LogP contribution is 2.34. The van der Waals surface area contributed by atoms with Crippen LogP contribution in [-0.4, -0.2) is 42.2 Å². The van der Waals surface area contributed by atoms with Gasteiger partial charge in [0.25, 0.3) is 0 Å². The van der Waals surface area contributed by atoms with Gasteiger partial charge in [0.05, 0.1) is 5.56 Å². The maximum absolute atomic E-state index is 11.1. The van der Waals surface area contributed by atoms with Crippen molar-refractivity contribution >= 4 is 17.3 Å². The van der Waals surface area contributed by atoms with E-state index in [1.54, 1.807) is 12.1 Å². The first-order chi connectivity index (χ1) is 9.44. The van der Waals surface area contributed by atoms with Gasteiger partial charge in [-0.25, -0.2) is 4.79 Å². The second-order valence-corrected chi connectivity index (χ2v) is 5.79. The van der Waals surface area contributed by atoms with Gasteiger partial charge in [-0.3, -0.25) is 0 Å². The van der Waals surface area contributed by atoms with E-state index in [0.29, 0.717) is 5.69 Å². The number of carbonyl (C=O) groups is 1. The van der Waals surface area contributed by atoms with Crippen molar-refractivity contribution in [3.05, 3.63) is 23.8 Å². The van der Waals surface area contributed by atoms with Gasteiger partial charge in [0.1, 0.15) is 0 Å². The number of aromatic carboxylic acids is 1. The number of nitrogens with two attached hydrogens (primary N) is 1. The number of hydrogen-bond donors (Lipinski definition) is 3. The predicted molar refractivity (Wildman–Crippen MR) is 81.2 cm³/mol. The Morgan fingerprint density at radius 2 is 2.05 bits per heavy atom. The zero-order valence-electron chi connectivity index (χ0n) is 12.1. The molecule has 4 N–H and O–H groups in total. The van der Waals surface area contributed by atoms with Gasteiger partial charge >= 0.3 is 5.97 Å². The molecule has 5 heteroatoms. The quantitative estimate of drug-likeness (QED) is 0.719. The number of nitrogens with zero attached hydrogens (tertiary/aromatic N) is 1. The predicted octanol–water partition coefficient (Wildman–Crippen LogP) is 2.25. The fraction of sp³-hybridized carbons (Fsp3) is 0.533. The van der Waals surface area contributed by atoms with Crippen molar-refractivity contribution in [2.24, 2.45) is 0 Å². The lowest BCUT2D eigenvalue weighted by Crippen LogP contribution is -2.47. The third kappa shape index (κ3) is 2.88. The maximum atomic E-state index is 11.1. The van der Waals surface area contributed by atoms with Gasteiger partial charge in [0.15, 0.2) is 0 Å². The highest BCUT2D eigenvalue weighted by atomic mass is 16.4. The summed E-state index contributed by atoms with van der Waals surface area (Å²) >= 11 is 0. The van der Waals surface area contributed by atoms with E-state index in [2.05, 4.69) is 24.3 Å². The maximum Gasteiger partial charge on any atom is 0.337 e. The minimum atomic E-state index is -0.991. The molecule has 1 fully saturated rings. The van der Waals surface area contributed by atoms with Crippen LogP contribution in [0.5, 0.6) is 0 Å². The summed E-state index contributed by atoms with van der Waals surface area (Å²) in [6.07, 6.45) is 4.85. The van der Waals surface area contributed by atoms with E-state index < -0.39 is 5.97 Å². The van der Waals surface area contributed by atoms with E-state index in [-0.39, 0.29) is 11.1 Å². The van der Waals surface area contributed by atoms with Gasteiger partial charge in [0.2, 0.25) is 0 Å². The lowest BCUT2D eigenvalue weighted by atomic mass is 9.96. The molecule has 0 saturated heterocycles. The first-order valence-corrected chi connectivity index (χ1v) is 6.99. The third-order valence-electron chi connectivity index (χ3n) is 4.39. The Balaban J connectivity index is 2.10. The summed E-state index contributed by atoms with van der Waals surface area (Å²) < 4.78 is 0. The van der Waals surface area contributed by atoms with Crippen molar-refractivity contribution in [3.63, 3.8) is 0 Å². The van der Waals surface area contributed by atoms with Crippen LogP contribution in [0, 0.1) is 0 Å². The van der Waals surface area contributed by atoms with Crippen molar-refractivity contribution in [3.8, 4) is 0 Å². The molecule has 0 radical (unpaired) electrons. The Kier molecular flexibility index (Phi) is 4.18. The molecule has 1 saturated carbocycles. The highest BCUT2D eigenvalue weighted by Gasteiger charge is 2.35. The van der Waals surface area contributed by atoms with Crippen LogP contribution in [-0.2, 0) is 0 Å². The number of rotatable bonds is 5. The first kappa shape index (κ1) is 14.7. The fourth-order valence-corrected chi connectivity index (χ4v) is 2.93. The van der Waals surface area contributed by atoms with Crippen LogP contribution < -0.4 is 11.1 Å². The molecule has 5 nitrogen and oxygen atoms in total. The topological polar surface area (TPSA) is 78.6 Å². The van der Waals surface area contributed by atoms with Gasteiger partial charge in [0, 0.05) is 23.5 Å². The molecule has 110 valence electrons. The van der Waals surface area contributed by atoms with Crippen LogP contribution >= 0.6 is 0 Å². The van der Waals surface area contributed by atoms with Crippen LogP contribution in [0.15, 0.2) is 18.2 Å². The summed E-state index contributed by atoms with van der Waals surface area (Å²) in [5.41, 5.74) is 7.10. The normalized spacial score (nSPS) is 17.4. The summed E-state index contributed by atoms with van der Waals surface area (Å²) in [5.74, 6) is -0.991. The van der Waals surface area contributed by atoms with Gasteiger partial charge < -0.3 is 21.1 Å². The summed E-state index contributed by atoms with van der Waals surface area (Å²) in [5, 5.41) is 12.5. The third-order valence-corrected chi connectivity index (χ3v) is 4.39. The largest absolute Gasteiger partial charge is 0.478 e. The van der Waals surface area contributed by atoms with E-state index in [0.717, 1.165) is 12.2 Å². The zero-order valence-corrected chi connectivity index (χ0v) is 12.1. The number of nitrogens with one attached hydrogen (secondary N) is 1. The number of nitrogen functional groups attached to an aromatic ring is 1. The molecule has 1 aliphatic carbocycles. The van der Waals surface area contributed by atoms with Crippen molar-refractivity contribution in [2.75, 3.05) is 31.7 Å². The molecule has 0 amide bonds. The highest BCUT2D eigenvalue weighted by molar-refractivity contribution is 5.94. The second-order valence-electron chi connectivity index (χ2n) is 5.79. The summed E-state index contributed by atoms with van der Waals surface area (Å²) in [6, 6.07) is 5.08. The molecule has 0 atom stereocenters. The molecule has 2 rings (SSSR count). The van der Waals surface area contributed by atoms with Crippen molar-refractivity contribution in [2.45, 2.75) is 31.2 Å². The number of hydrogen-bond acceptors (Lipinski definition) is 4. The van der Waals surface area contributed by atoms with E-state index >= 15 is 0 Å². The Morgan fingerprint density at radius 3 is 2.60 bits per heavy atom. The standard InChI is InChI=1S/C15H23N3O2/c1-18(2)15(7-3-4-8-15)10-17-11-5-6-13(16)12(9-11)14(19)20/h5-6,9,17H,3-4,7-8,10,16H2,1-2H3,(H,19,20). The monoisotopic (exact) mass is 277 g/mol. The van der Waals surface area contributed by atoms with E-state index in [4.69, 9.17) is 10.8 Å². The number of carboxylic acids is 1. The molecular weight excluding hydrogens is 254 g/mol. The Morgan fingerprint density at radius 1 is 1.40 bits per heavy atom. The summed E-state index contributed by atoms with van der Waals surface area (Å²) in [4.78, 5) is 13.4. The molecule has 0 aliphatic heterocycles. The van der Waals surface area contributed by atoms with Crippen LogP contribution in [0.2, 0.25) is 0 Å². The van der Waals surface area contributed by atoms with Gasteiger partial charge in [-0.15, -0.1) is 0 Å². The Bertz CT molecular complexity index is 494. The zero-order chi connectivity index (χ0) is 14.8. The van der Waals surface area contributed by atoms with Gasteiger partial charge in [-0.1, -0.05) is 12.8 Å². The fourth-order valence-electron chi connectivity index (χ4n) is 2.93. The van der Waals surface area contributed by atoms with E-state index in [1.165, 1.54) is 25.7 Å². The second kappa shape index (κ2) is 5.71. The molecule has 1 aromatic carbocycles. The lowest BCUT2D eigenvalue weighted by molar-refractivity contribution is 0.0698. The summed E-state index contributed by atoms with van der Waals surface area (Å²) in [7, 11) is 4.22. The number of benzene rings is 1. The van der Waals surface area contributed by atoms with Crippen LogP contribution in [0.1, 0.15) is 36.0 Å². The number of anilines is 2. The number of likely N-dealkylation sites (N-methyl/N-ethyl adjacent to an activating group) is 1. The molecular formula is C15H23N3O2. The Hall–Kier alpha value is -1.75. The molecule has 0 spiro atoms. The molecule has 0 heterocycles. The van der Waals surface area contributed by atoms with Crippen molar-refractivity contribution in [1.29, 1.82) is 0 Å². The first-order valence-electron chi connectivity index (χ1n) is 6.99. The van der Waals surface area contributed by atoms with Crippen LogP contribution in [0.4, 0.5) is 11.4 Å². The molecule has 0 unspecified atom stereocenters. The van der Waals surface area contributed by atoms with Crippen LogP contribution in [0.3, 0.4) is 0 Å². The lowest BCUT2D eigenvalue weighted by Gasteiger charge is -2.36. The molecule has 1 aromatic rings. The minimum absolute atomic E-state index is 0.153. The average molecular weight is 277 g/mol. The smallest absolute Gasteiger partial charge is 0.337 e. The van der Waals surface area contributed by atoms with E-state index in [9.17, 15) is 4.79 Å². The van der Waals surface area contributed by atoms with Gasteiger partial charge in [-0.05, 0) is 45.1 Å². The summed E-state index contributed by atoms with van der Waals surface area (Å²) in [6.45, 7) is 0.822. The Labute approximate surface area is 119 Å². The van der Waals surface area contributed by atoms with Crippen molar-refractivity contribution < 1.29 is 9.90 Å². The SMILES string of the molecule is CN(C)C1(CNc2ccc(N)c(C(=O)O)c2)CCCC1. The molecule has 20 heavy (non-hydrogen) atoms. The average Bonchev–Trinajstić information content (AvgIpc) is 2.87. The minimum Gasteiger partial charge on any atom is -0.478 e. The van der Waals surface area contributed by atoms with Gasteiger partial charge in [-0.2, -0.15) is 0 Å².